The molecule has 0 unspecified atom stereocenters. The van der Waals surface area contributed by atoms with Crippen molar-refractivity contribution in [3.63, 3.8) is 0 Å². The third-order valence-corrected chi connectivity index (χ3v) is 15.1. The van der Waals surface area contributed by atoms with Crippen molar-refractivity contribution in [3.05, 3.63) is 134 Å². The van der Waals surface area contributed by atoms with Crippen LogP contribution in [-0.4, -0.2) is 0 Å². The molecule has 0 atom stereocenters. The largest absolute Gasteiger partial charge is 0.0876 e. The van der Waals surface area contributed by atoms with Gasteiger partial charge in [0.2, 0.25) is 0 Å². The highest BCUT2D eigenvalue weighted by atomic mass is 79.9. The first-order chi connectivity index (χ1) is 22.7. The van der Waals surface area contributed by atoms with Crippen molar-refractivity contribution in [2.24, 2.45) is 0 Å². The Bertz CT molecular complexity index is 1570. The van der Waals surface area contributed by atoms with Gasteiger partial charge in [0.1, 0.15) is 0 Å². The number of rotatable bonds is 4. The van der Waals surface area contributed by atoms with Gasteiger partial charge in [0.15, 0.2) is 0 Å². The predicted molar refractivity (Wildman–Crippen MR) is 224 cm³/mol. The molecule has 1 aliphatic rings. The standard InChI is InChI=1S/C44H52Br4/c1-21-33-13-35-22(2)37(29(9)42(18-46)27(35)7)15-39-24(4)40(32(12)44(20-48)31(39)11)16-38-23(3)36(28(8)43(19-47)30(38)10)14-34(21)26(6)41(17-45)25(33)5/h13-20H2,1-12H3. The Morgan fingerprint density at radius 3 is 0.479 bits per heavy atom. The summed E-state index contributed by atoms with van der Waals surface area (Å²) >= 11 is 15.7. The molecular formula is C44H52Br4. The fraction of sp³-hybridized carbons (Fsp3) is 0.455. The quantitative estimate of drug-likeness (QED) is 0.158. The molecule has 4 aromatic rings. The second-order valence-electron chi connectivity index (χ2n) is 14.5. The van der Waals surface area contributed by atoms with Gasteiger partial charge in [-0.05, 0) is 242 Å². The van der Waals surface area contributed by atoms with E-state index in [2.05, 4.69) is 147 Å². The first-order valence-electron chi connectivity index (χ1n) is 17.3. The summed E-state index contributed by atoms with van der Waals surface area (Å²) in [5.74, 6) is 0. The molecule has 256 valence electrons. The lowest BCUT2D eigenvalue weighted by Crippen LogP contribution is -2.16. The molecule has 4 heteroatoms. The smallest absolute Gasteiger partial charge is 0.0288 e. The van der Waals surface area contributed by atoms with Crippen molar-refractivity contribution < 1.29 is 0 Å². The van der Waals surface area contributed by atoms with Crippen LogP contribution in [0.15, 0.2) is 0 Å². The second-order valence-corrected chi connectivity index (χ2v) is 16.7. The highest BCUT2D eigenvalue weighted by Gasteiger charge is 2.27. The molecule has 0 amide bonds. The Labute approximate surface area is 324 Å². The summed E-state index contributed by atoms with van der Waals surface area (Å²) in [5.41, 5.74) is 35.4. The van der Waals surface area contributed by atoms with Crippen LogP contribution in [0.3, 0.4) is 0 Å². The van der Waals surface area contributed by atoms with Crippen LogP contribution in [0.25, 0.3) is 0 Å². The molecule has 0 aliphatic heterocycles. The van der Waals surface area contributed by atoms with Crippen LogP contribution in [0.1, 0.15) is 134 Å². The Kier molecular flexibility index (Phi) is 11.7. The van der Waals surface area contributed by atoms with Gasteiger partial charge >= 0.3 is 0 Å². The van der Waals surface area contributed by atoms with Gasteiger partial charge in [0.25, 0.3) is 0 Å². The van der Waals surface area contributed by atoms with Gasteiger partial charge in [-0.15, -0.1) is 0 Å². The van der Waals surface area contributed by atoms with E-state index >= 15 is 0 Å². The molecule has 0 heterocycles. The zero-order valence-corrected chi connectivity index (χ0v) is 37.5. The summed E-state index contributed by atoms with van der Waals surface area (Å²) in [7, 11) is 0. The van der Waals surface area contributed by atoms with Crippen LogP contribution in [0.4, 0.5) is 0 Å². The SMILES string of the molecule is Cc1c(CBr)c(C)c2c(C)c1Cc1c(C)c(CBr)c(C)c(c1C)Cc1c(C)c(CBr)c(C)c(c1C)Cc1c(C)c(CBr)c(C)c(c1C)C2. The van der Waals surface area contributed by atoms with Gasteiger partial charge in [0, 0.05) is 21.3 Å². The minimum Gasteiger partial charge on any atom is -0.0876 e. The number of hydrogen-bond donors (Lipinski definition) is 0. The molecule has 5 rings (SSSR count). The fourth-order valence-electron chi connectivity index (χ4n) is 9.19. The molecule has 0 saturated carbocycles. The molecule has 0 radical (unpaired) electrons. The number of benzene rings is 4. The topological polar surface area (TPSA) is 0 Å². The summed E-state index contributed by atoms with van der Waals surface area (Å²) in [6.07, 6.45) is 3.85. The summed E-state index contributed by atoms with van der Waals surface area (Å²) in [4.78, 5) is 0. The maximum atomic E-state index is 3.93. The van der Waals surface area contributed by atoms with Crippen LogP contribution in [0.2, 0.25) is 0 Å². The van der Waals surface area contributed by atoms with Gasteiger partial charge in [-0.1, -0.05) is 63.7 Å². The summed E-state index contributed by atoms with van der Waals surface area (Å²) in [6.45, 7) is 28.6. The second kappa shape index (κ2) is 14.8. The average Bonchev–Trinajstić information content (AvgIpc) is 3.04. The van der Waals surface area contributed by atoms with Crippen molar-refractivity contribution in [1.82, 2.24) is 0 Å². The summed E-state index contributed by atoms with van der Waals surface area (Å²) in [6, 6.07) is 0. The highest BCUT2D eigenvalue weighted by Crippen LogP contribution is 2.41. The first kappa shape index (κ1) is 38.0. The van der Waals surface area contributed by atoms with Gasteiger partial charge in [-0.3, -0.25) is 0 Å². The average molecular weight is 901 g/mol. The maximum Gasteiger partial charge on any atom is 0.0288 e. The molecule has 0 spiro atoms. The van der Waals surface area contributed by atoms with Crippen LogP contribution >= 0.6 is 63.7 Å². The van der Waals surface area contributed by atoms with Gasteiger partial charge in [-0.2, -0.15) is 0 Å². The Balaban J connectivity index is 2.00. The van der Waals surface area contributed by atoms with Crippen molar-refractivity contribution in [3.8, 4) is 0 Å². The van der Waals surface area contributed by atoms with Crippen molar-refractivity contribution >= 4 is 63.7 Å². The molecule has 0 aromatic heterocycles. The molecule has 0 nitrogen and oxygen atoms in total. The molecule has 48 heavy (non-hydrogen) atoms. The number of halogens is 4. The van der Waals surface area contributed by atoms with E-state index in [0.717, 1.165) is 47.0 Å². The monoisotopic (exact) mass is 896 g/mol. The van der Waals surface area contributed by atoms with E-state index in [4.69, 9.17) is 0 Å². The number of alkyl halides is 4. The molecule has 0 fully saturated rings. The zero-order chi connectivity index (χ0) is 35.5. The van der Waals surface area contributed by atoms with E-state index in [1.807, 2.05) is 0 Å². The lowest BCUT2D eigenvalue weighted by Gasteiger charge is -2.29. The zero-order valence-electron chi connectivity index (χ0n) is 31.2. The van der Waals surface area contributed by atoms with Gasteiger partial charge < -0.3 is 0 Å². The maximum absolute atomic E-state index is 3.93. The first-order valence-corrected chi connectivity index (χ1v) is 21.8. The van der Waals surface area contributed by atoms with E-state index in [-0.39, 0.29) is 0 Å². The Morgan fingerprint density at radius 2 is 0.375 bits per heavy atom. The lowest BCUT2D eigenvalue weighted by atomic mass is 9.76. The van der Waals surface area contributed by atoms with Gasteiger partial charge in [0.05, 0.1) is 0 Å². The van der Waals surface area contributed by atoms with Crippen LogP contribution < -0.4 is 0 Å². The lowest BCUT2D eigenvalue weighted by molar-refractivity contribution is 0.949. The molecule has 1 aliphatic carbocycles. The Morgan fingerprint density at radius 1 is 0.250 bits per heavy atom. The minimum absolute atomic E-state index is 0.876. The van der Waals surface area contributed by atoms with E-state index < -0.39 is 0 Å². The molecule has 0 N–H and O–H groups in total. The van der Waals surface area contributed by atoms with Crippen LogP contribution in [-0.2, 0) is 47.0 Å². The van der Waals surface area contributed by atoms with Crippen molar-refractivity contribution in [1.29, 1.82) is 0 Å². The fourth-order valence-corrected chi connectivity index (χ4v) is 12.6. The minimum atomic E-state index is 0.876. The predicted octanol–water partition coefficient (Wildman–Crippen LogP) is 13.6. The van der Waals surface area contributed by atoms with Crippen LogP contribution in [0.5, 0.6) is 0 Å². The third-order valence-electron chi connectivity index (χ3n) is 12.8. The van der Waals surface area contributed by atoms with E-state index in [9.17, 15) is 0 Å². The third kappa shape index (κ3) is 6.09. The van der Waals surface area contributed by atoms with Crippen molar-refractivity contribution in [2.75, 3.05) is 0 Å². The van der Waals surface area contributed by atoms with Crippen LogP contribution in [0, 0.1) is 83.1 Å². The van der Waals surface area contributed by atoms with E-state index in [0.29, 0.717) is 0 Å². The van der Waals surface area contributed by atoms with E-state index in [1.165, 1.54) is 134 Å². The number of fused-ring (bicyclic) bond motifs is 8. The molecule has 0 saturated heterocycles. The molecular weight excluding hydrogens is 848 g/mol. The summed E-state index contributed by atoms with van der Waals surface area (Å²) in [5, 5.41) is 3.50. The normalized spacial score (nSPS) is 13.0. The Hall–Kier alpha value is -1.20. The highest BCUT2D eigenvalue weighted by molar-refractivity contribution is 9.09. The van der Waals surface area contributed by atoms with Crippen molar-refractivity contribution in [2.45, 2.75) is 130 Å². The van der Waals surface area contributed by atoms with Gasteiger partial charge in [-0.25, -0.2) is 0 Å². The number of hydrogen-bond acceptors (Lipinski definition) is 0. The van der Waals surface area contributed by atoms with E-state index in [1.54, 1.807) is 0 Å². The molecule has 4 aromatic carbocycles. The molecule has 8 bridgehead atoms. The summed E-state index contributed by atoms with van der Waals surface area (Å²) < 4.78 is 0.